The number of nitrogens with one attached hydrogen (secondary N) is 1. The average Bonchev–Trinajstić information content (AvgIpc) is 2.34. The van der Waals surface area contributed by atoms with Crippen LogP contribution in [-0.2, 0) is 4.79 Å². The maximum absolute atomic E-state index is 11.2. The molecular formula is C12H16N2O3. The number of nitrogen functional groups attached to an aromatic ring is 1. The summed E-state index contributed by atoms with van der Waals surface area (Å²) in [4.78, 5) is 11.2. The maximum Gasteiger partial charge on any atom is 0.244 e. The van der Waals surface area contributed by atoms with Crippen LogP contribution < -0.4 is 15.8 Å². The molecule has 1 amide bonds. The molecule has 0 spiro atoms. The number of hydrogen-bond donors (Lipinski definition) is 3. The van der Waals surface area contributed by atoms with Gasteiger partial charge in [0, 0.05) is 12.6 Å². The molecule has 0 fully saturated rings. The van der Waals surface area contributed by atoms with Gasteiger partial charge >= 0.3 is 0 Å². The number of nitrogens with two attached hydrogens (primary N) is 1. The summed E-state index contributed by atoms with van der Waals surface area (Å²) >= 11 is 0. The molecule has 17 heavy (non-hydrogen) atoms. The molecule has 1 aromatic carbocycles. The molecule has 1 rings (SSSR count). The van der Waals surface area contributed by atoms with Crippen LogP contribution in [0.1, 0.15) is 5.56 Å². The second kappa shape index (κ2) is 6.55. The van der Waals surface area contributed by atoms with Gasteiger partial charge in [-0.2, -0.15) is 0 Å². The zero-order valence-electron chi connectivity index (χ0n) is 9.64. The fourth-order valence-corrected chi connectivity index (χ4v) is 1.27. The summed E-state index contributed by atoms with van der Waals surface area (Å²) in [6.45, 7) is 0.170. The van der Waals surface area contributed by atoms with E-state index in [4.69, 9.17) is 15.6 Å². The molecule has 0 saturated heterocycles. The summed E-state index contributed by atoms with van der Waals surface area (Å²) in [5, 5.41) is 11.0. The second-order valence-corrected chi connectivity index (χ2v) is 3.35. The lowest BCUT2D eigenvalue weighted by Crippen LogP contribution is -2.24. The normalized spacial score (nSPS) is 10.5. The van der Waals surface area contributed by atoms with Gasteiger partial charge in [0.05, 0.1) is 19.4 Å². The summed E-state index contributed by atoms with van der Waals surface area (Å²) in [5.41, 5.74) is 7.05. The van der Waals surface area contributed by atoms with Gasteiger partial charge in [-0.1, -0.05) is 6.07 Å². The highest BCUT2D eigenvalue weighted by Crippen LogP contribution is 2.22. The van der Waals surface area contributed by atoms with Crippen LogP contribution >= 0.6 is 0 Å². The van der Waals surface area contributed by atoms with Crippen LogP contribution in [0, 0.1) is 0 Å². The lowest BCUT2D eigenvalue weighted by Gasteiger charge is -2.04. The van der Waals surface area contributed by atoms with E-state index in [9.17, 15) is 4.79 Å². The van der Waals surface area contributed by atoms with E-state index in [0.29, 0.717) is 11.4 Å². The lowest BCUT2D eigenvalue weighted by atomic mass is 10.1. The maximum atomic E-state index is 11.2. The van der Waals surface area contributed by atoms with E-state index in [1.807, 2.05) is 0 Å². The van der Waals surface area contributed by atoms with E-state index in [-0.39, 0.29) is 19.1 Å². The smallest absolute Gasteiger partial charge is 0.244 e. The van der Waals surface area contributed by atoms with Gasteiger partial charge in [0.1, 0.15) is 5.75 Å². The Labute approximate surface area is 99.9 Å². The Bertz CT molecular complexity index is 416. The number of methoxy groups -OCH3 is 1. The third kappa shape index (κ3) is 4.16. The molecule has 0 aliphatic heterocycles. The summed E-state index contributed by atoms with van der Waals surface area (Å²) in [6, 6.07) is 5.25. The minimum absolute atomic E-state index is 0.0743. The highest BCUT2D eigenvalue weighted by Gasteiger charge is 1.99. The minimum atomic E-state index is -0.256. The Morgan fingerprint density at radius 2 is 2.35 bits per heavy atom. The van der Waals surface area contributed by atoms with E-state index in [2.05, 4.69) is 5.32 Å². The van der Waals surface area contributed by atoms with E-state index in [0.717, 1.165) is 5.56 Å². The van der Waals surface area contributed by atoms with Crippen LogP contribution in [0.4, 0.5) is 5.69 Å². The van der Waals surface area contributed by atoms with E-state index < -0.39 is 0 Å². The molecule has 0 heterocycles. The lowest BCUT2D eigenvalue weighted by molar-refractivity contribution is -0.116. The van der Waals surface area contributed by atoms with Gasteiger partial charge < -0.3 is 20.9 Å². The number of carbonyl (C=O) groups is 1. The molecule has 0 saturated carbocycles. The third-order valence-electron chi connectivity index (χ3n) is 2.09. The summed E-state index contributed by atoms with van der Waals surface area (Å²) in [6.07, 6.45) is 3.03. The second-order valence-electron chi connectivity index (χ2n) is 3.35. The number of carbonyl (C=O) groups excluding carboxylic acids is 1. The monoisotopic (exact) mass is 236 g/mol. The van der Waals surface area contributed by atoms with Gasteiger partial charge in [0.15, 0.2) is 0 Å². The molecule has 0 aliphatic carbocycles. The molecule has 0 bridgehead atoms. The van der Waals surface area contributed by atoms with Crippen LogP contribution in [0.25, 0.3) is 6.08 Å². The molecule has 4 N–H and O–H groups in total. The summed E-state index contributed by atoms with van der Waals surface area (Å²) < 4.78 is 5.02. The molecule has 0 aliphatic rings. The molecule has 92 valence electrons. The van der Waals surface area contributed by atoms with Crippen molar-refractivity contribution < 1.29 is 14.6 Å². The number of hydrogen-bond acceptors (Lipinski definition) is 4. The highest BCUT2D eigenvalue weighted by molar-refractivity contribution is 5.91. The fraction of sp³-hybridized carbons (Fsp3) is 0.250. The van der Waals surface area contributed by atoms with E-state index in [1.165, 1.54) is 6.08 Å². The minimum Gasteiger partial charge on any atom is -0.495 e. The average molecular weight is 236 g/mol. The number of ether oxygens (including phenoxy) is 1. The van der Waals surface area contributed by atoms with Crippen LogP contribution in [0.2, 0.25) is 0 Å². The number of anilines is 1. The molecular weight excluding hydrogens is 220 g/mol. The summed E-state index contributed by atoms with van der Waals surface area (Å²) in [5.74, 6) is 0.348. The molecule has 0 radical (unpaired) electrons. The summed E-state index contributed by atoms with van der Waals surface area (Å²) in [7, 11) is 1.55. The first-order valence-corrected chi connectivity index (χ1v) is 5.17. The molecule has 0 aromatic heterocycles. The highest BCUT2D eigenvalue weighted by atomic mass is 16.5. The largest absolute Gasteiger partial charge is 0.495 e. The van der Waals surface area contributed by atoms with Crippen molar-refractivity contribution in [1.29, 1.82) is 0 Å². The van der Waals surface area contributed by atoms with Crippen molar-refractivity contribution in [2.45, 2.75) is 0 Å². The first-order chi connectivity index (χ1) is 8.17. The van der Waals surface area contributed by atoms with Crippen LogP contribution in [0.15, 0.2) is 24.3 Å². The van der Waals surface area contributed by atoms with Crippen molar-refractivity contribution in [3.8, 4) is 5.75 Å². The first kappa shape index (κ1) is 13.1. The van der Waals surface area contributed by atoms with Gasteiger partial charge in [-0.15, -0.1) is 0 Å². The van der Waals surface area contributed by atoms with Crippen molar-refractivity contribution in [1.82, 2.24) is 5.32 Å². The molecule has 0 atom stereocenters. The van der Waals surface area contributed by atoms with Crippen LogP contribution in [0.5, 0.6) is 5.75 Å². The quantitative estimate of drug-likeness (QED) is 0.510. The van der Waals surface area contributed by atoms with Crippen molar-refractivity contribution in [3.63, 3.8) is 0 Å². The van der Waals surface area contributed by atoms with Gasteiger partial charge in [0.2, 0.25) is 5.91 Å². The van der Waals surface area contributed by atoms with Gasteiger partial charge in [-0.05, 0) is 23.8 Å². The number of rotatable bonds is 5. The van der Waals surface area contributed by atoms with Gasteiger partial charge in [0.25, 0.3) is 0 Å². The molecule has 5 heteroatoms. The number of aliphatic hydroxyl groups is 1. The van der Waals surface area contributed by atoms with Crippen molar-refractivity contribution in [2.75, 3.05) is 26.0 Å². The van der Waals surface area contributed by atoms with Crippen molar-refractivity contribution >= 4 is 17.7 Å². The number of benzene rings is 1. The standard InChI is InChI=1S/C12H16N2O3/c1-17-11-4-2-9(8-10(11)13)3-5-12(16)14-6-7-15/h2-5,8,15H,6-7,13H2,1H3,(H,14,16)/b5-3-. The van der Waals surface area contributed by atoms with E-state index in [1.54, 1.807) is 31.4 Å². The van der Waals surface area contributed by atoms with Crippen LogP contribution in [0.3, 0.4) is 0 Å². The Morgan fingerprint density at radius 3 is 2.94 bits per heavy atom. The number of amides is 1. The van der Waals surface area contributed by atoms with Crippen molar-refractivity contribution in [3.05, 3.63) is 29.8 Å². The molecule has 0 unspecified atom stereocenters. The van der Waals surface area contributed by atoms with Gasteiger partial charge in [-0.25, -0.2) is 0 Å². The third-order valence-corrected chi connectivity index (χ3v) is 2.09. The predicted molar refractivity (Wildman–Crippen MR) is 66.5 cm³/mol. The first-order valence-electron chi connectivity index (χ1n) is 5.17. The van der Waals surface area contributed by atoms with E-state index >= 15 is 0 Å². The SMILES string of the molecule is COc1ccc(/C=C\C(=O)NCCO)cc1N. The topological polar surface area (TPSA) is 84.6 Å². The predicted octanol–water partition coefficient (Wildman–Crippen LogP) is 0.399. The zero-order chi connectivity index (χ0) is 12.7. The Morgan fingerprint density at radius 1 is 1.59 bits per heavy atom. The zero-order valence-corrected chi connectivity index (χ0v) is 9.64. The Kier molecular flexibility index (Phi) is 5.03. The fourth-order valence-electron chi connectivity index (χ4n) is 1.27. The number of aliphatic hydroxyl groups excluding tert-OH is 1. The molecule has 5 nitrogen and oxygen atoms in total. The van der Waals surface area contributed by atoms with Crippen molar-refractivity contribution in [2.24, 2.45) is 0 Å². The Balaban J connectivity index is 2.65. The van der Waals surface area contributed by atoms with Gasteiger partial charge in [-0.3, -0.25) is 4.79 Å². The van der Waals surface area contributed by atoms with Crippen LogP contribution in [-0.4, -0.2) is 31.3 Å². The molecule has 1 aromatic rings. The Hall–Kier alpha value is -2.01.